The van der Waals surface area contributed by atoms with Gasteiger partial charge in [-0.15, -0.1) is 0 Å². The van der Waals surface area contributed by atoms with Gasteiger partial charge < -0.3 is 20.7 Å². The number of nitrogens with two attached hydrogens (primary N) is 1. The third-order valence-electron chi connectivity index (χ3n) is 7.53. The fourth-order valence-corrected chi connectivity index (χ4v) is 5.43. The minimum Gasteiger partial charge on any atom is -0.383 e. The Hall–Kier alpha value is -4.59. The number of nitrogen functional groups attached to an aromatic ring is 1. The van der Waals surface area contributed by atoms with Crippen molar-refractivity contribution in [1.82, 2.24) is 29.6 Å². The number of halogens is 3. The minimum absolute atomic E-state index is 0.00257. The maximum Gasteiger partial charge on any atom is 0.416 e. The van der Waals surface area contributed by atoms with Crippen molar-refractivity contribution in [3.8, 4) is 11.3 Å². The summed E-state index contributed by atoms with van der Waals surface area (Å²) in [4.78, 5) is 40.0. The first-order valence-corrected chi connectivity index (χ1v) is 13.5. The van der Waals surface area contributed by atoms with Crippen molar-refractivity contribution in [2.24, 2.45) is 0 Å². The number of hydrogen-bond acceptors (Lipinski definition) is 8. The molecule has 14 heteroatoms. The van der Waals surface area contributed by atoms with Gasteiger partial charge in [-0.25, -0.2) is 19.6 Å². The number of piperidine rings is 1. The molecule has 5 heterocycles. The number of carbonyl (C=O) groups excluding carboxylic acids is 2. The molecule has 2 atom stereocenters. The lowest BCUT2D eigenvalue weighted by molar-refractivity contribution is -0.142. The first-order chi connectivity index (χ1) is 20.2. The van der Waals surface area contributed by atoms with E-state index in [0.717, 1.165) is 44.0 Å². The third kappa shape index (κ3) is 5.36. The van der Waals surface area contributed by atoms with Crippen LogP contribution in [0.25, 0.3) is 22.3 Å². The van der Waals surface area contributed by atoms with Crippen molar-refractivity contribution in [3.05, 3.63) is 60.0 Å². The van der Waals surface area contributed by atoms with Crippen molar-refractivity contribution in [2.45, 2.75) is 44.0 Å². The van der Waals surface area contributed by atoms with E-state index in [1.54, 1.807) is 16.8 Å². The third-order valence-corrected chi connectivity index (χ3v) is 7.53. The van der Waals surface area contributed by atoms with Gasteiger partial charge in [0.05, 0.1) is 17.0 Å². The second kappa shape index (κ2) is 11.0. The summed E-state index contributed by atoms with van der Waals surface area (Å²) in [6.07, 6.45) is 0.585. The molecule has 2 aliphatic rings. The summed E-state index contributed by atoms with van der Waals surface area (Å²) >= 11 is 0. The van der Waals surface area contributed by atoms with Crippen LogP contribution in [0, 0.1) is 0 Å². The Morgan fingerprint density at radius 1 is 1.05 bits per heavy atom. The van der Waals surface area contributed by atoms with Crippen molar-refractivity contribution in [2.75, 3.05) is 30.7 Å². The van der Waals surface area contributed by atoms with E-state index < -0.39 is 23.8 Å². The molecule has 1 aromatic carbocycles. The monoisotopic (exact) mass is 580 g/mol. The fourth-order valence-electron chi connectivity index (χ4n) is 5.43. The molecule has 42 heavy (non-hydrogen) atoms. The van der Waals surface area contributed by atoms with E-state index >= 15 is 0 Å². The standard InChI is InChI=1S/C28H27F3N8O3/c29-28(30,31)18-9-10-33-21(13-18)36-26(40)17-7-5-16(6-8-17)23-22-24(32)34-15-35-25(22)39(37-23)19-3-1-11-38(14-19)27(41)20-4-2-12-42-20/h5-10,13,15,19-20H,1-4,11-12,14H2,(H2,32,34,35)(H,33,36,40)/t19-,20?/m1/s1. The molecule has 1 unspecified atom stereocenters. The highest BCUT2D eigenvalue weighted by Crippen LogP contribution is 2.34. The Kier molecular flexibility index (Phi) is 7.22. The number of nitrogens with zero attached hydrogens (tertiary/aromatic N) is 6. The van der Waals surface area contributed by atoms with Crippen LogP contribution in [0.2, 0.25) is 0 Å². The van der Waals surface area contributed by atoms with Crippen LogP contribution in [0.4, 0.5) is 24.8 Å². The van der Waals surface area contributed by atoms with Gasteiger partial charge in [0.15, 0.2) is 5.65 Å². The summed E-state index contributed by atoms with van der Waals surface area (Å²) < 4.78 is 46.5. The van der Waals surface area contributed by atoms with E-state index in [0.29, 0.717) is 42.0 Å². The van der Waals surface area contributed by atoms with E-state index in [9.17, 15) is 22.8 Å². The van der Waals surface area contributed by atoms with Gasteiger partial charge in [-0.1, -0.05) is 12.1 Å². The second-order valence-electron chi connectivity index (χ2n) is 10.3. The normalized spacial score (nSPS) is 19.3. The molecule has 0 aliphatic carbocycles. The van der Waals surface area contributed by atoms with E-state index in [-0.39, 0.29) is 29.1 Å². The quantitative estimate of drug-likeness (QED) is 0.360. The van der Waals surface area contributed by atoms with Crippen molar-refractivity contribution >= 4 is 34.5 Å². The number of benzene rings is 1. The molecular weight excluding hydrogens is 553 g/mol. The molecule has 0 spiro atoms. The Morgan fingerprint density at radius 2 is 1.86 bits per heavy atom. The average Bonchev–Trinajstić information content (AvgIpc) is 3.66. The highest BCUT2D eigenvalue weighted by Gasteiger charge is 2.34. The summed E-state index contributed by atoms with van der Waals surface area (Å²) in [6, 6.07) is 7.87. The van der Waals surface area contributed by atoms with Crippen molar-refractivity contribution in [3.63, 3.8) is 0 Å². The lowest BCUT2D eigenvalue weighted by Crippen LogP contribution is -2.45. The second-order valence-corrected chi connectivity index (χ2v) is 10.3. The van der Waals surface area contributed by atoms with Gasteiger partial charge in [-0.05, 0) is 49.9 Å². The Morgan fingerprint density at radius 3 is 2.60 bits per heavy atom. The first-order valence-electron chi connectivity index (χ1n) is 13.5. The van der Waals surface area contributed by atoms with Crippen LogP contribution in [-0.4, -0.2) is 67.2 Å². The van der Waals surface area contributed by atoms with Crippen LogP contribution in [0.5, 0.6) is 0 Å². The first kappa shape index (κ1) is 27.6. The maximum atomic E-state index is 13.0. The maximum absolute atomic E-state index is 13.0. The smallest absolute Gasteiger partial charge is 0.383 e. The van der Waals surface area contributed by atoms with E-state index in [1.807, 2.05) is 4.90 Å². The van der Waals surface area contributed by atoms with Crippen LogP contribution < -0.4 is 11.1 Å². The Labute approximate surface area is 237 Å². The van der Waals surface area contributed by atoms with Crippen LogP contribution in [0.1, 0.15) is 47.6 Å². The molecule has 2 amide bonds. The molecule has 2 aliphatic heterocycles. The lowest BCUT2D eigenvalue weighted by atomic mass is 10.0. The number of amides is 2. The molecule has 3 N–H and O–H groups in total. The van der Waals surface area contributed by atoms with Gasteiger partial charge in [0.25, 0.3) is 11.8 Å². The number of hydrogen-bond donors (Lipinski definition) is 2. The van der Waals surface area contributed by atoms with Crippen LogP contribution in [0.3, 0.4) is 0 Å². The molecule has 3 aromatic heterocycles. The summed E-state index contributed by atoms with van der Waals surface area (Å²) in [5, 5.41) is 7.80. The van der Waals surface area contributed by atoms with Crippen molar-refractivity contribution < 1.29 is 27.5 Å². The van der Waals surface area contributed by atoms with Gasteiger partial charge in [-0.2, -0.15) is 18.3 Å². The summed E-state index contributed by atoms with van der Waals surface area (Å²) in [7, 11) is 0. The van der Waals surface area contributed by atoms with Gasteiger partial charge in [0, 0.05) is 37.0 Å². The van der Waals surface area contributed by atoms with Gasteiger partial charge in [0.2, 0.25) is 0 Å². The predicted molar refractivity (Wildman–Crippen MR) is 146 cm³/mol. The summed E-state index contributed by atoms with van der Waals surface area (Å²) in [5.74, 6) is -0.600. The zero-order valence-electron chi connectivity index (χ0n) is 22.3. The predicted octanol–water partition coefficient (Wildman–Crippen LogP) is 4.08. The van der Waals surface area contributed by atoms with Gasteiger partial charge in [0.1, 0.15) is 29.8 Å². The number of nitrogens with one attached hydrogen (secondary N) is 1. The van der Waals surface area contributed by atoms with Gasteiger partial charge >= 0.3 is 6.18 Å². The zero-order valence-corrected chi connectivity index (χ0v) is 22.3. The van der Waals surface area contributed by atoms with Crippen LogP contribution in [-0.2, 0) is 15.7 Å². The number of ether oxygens (including phenoxy) is 1. The molecule has 4 aromatic rings. The fraction of sp³-hybridized carbons (Fsp3) is 0.357. The Bertz CT molecular complexity index is 1630. The average molecular weight is 581 g/mol. The summed E-state index contributed by atoms with van der Waals surface area (Å²) in [5.41, 5.74) is 7.24. The number of alkyl halides is 3. The summed E-state index contributed by atoms with van der Waals surface area (Å²) in [6.45, 7) is 1.71. The highest BCUT2D eigenvalue weighted by atomic mass is 19.4. The minimum atomic E-state index is -4.56. The molecule has 218 valence electrons. The molecular formula is C28H27F3N8O3. The van der Waals surface area contributed by atoms with Crippen LogP contribution >= 0.6 is 0 Å². The molecule has 11 nitrogen and oxygen atoms in total. The molecule has 2 saturated heterocycles. The zero-order chi connectivity index (χ0) is 29.4. The Balaban J connectivity index is 1.25. The molecule has 2 fully saturated rings. The largest absolute Gasteiger partial charge is 0.416 e. The van der Waals surface area contributed by atoms with Crippen molar-refractivity contribution in [1.29, 1.82) is 0 Å². The topological polar surface area (TPSA) is 141 Å². The molecule has 0 saturated carbocycles. The number of carbonyl (C=O) groups is 2. The van der Waals surface area contributed by atoms with E-state index in [2.05, 4.69) is 20.3 Å². The number of rotatable bonds is 5. The molecule has 6 rings (SSSR count). The van der Waals surface area contributed by atoms with Crippen LogP contribution in [0.15, 0.2) is 48.9 Å². The molecule has 0 bridgehead atoms. The van der Waals surface area contributed by atoms with E-state index in [4.69, 9.17) is 15.6 Å². The molecule has 0 radical (unpaired) electrons. The SMILES string of the molecule is Nc1ncnc2c1c(-c1ccc(C(=O)Nc3cc(C(F)(F)F)ccn3)cc1)nn2[C@@H]1CCCN(C(=O)C2CCCO2)C1. The highest BCUT2D eigenvalue weighted by molar-refractivity contribution is 6.04. The number of pyridine rings is 1. The van der Waals surface area contributed by atoms with E-state index in [1.165, 1.54) is 18.5 Å². The van der Waals surface area contributed by atoms with Gasteiger partial charge in [-0.3, -0.25) is 9.59 Å². The lowest BCUT2D eigenvalue weighted by Gasteiger charge is -2.34. The number of aromatic nitrogens is 5. The number of anilines is 2. The number of likely N-dealkylation sites (tertiary alicyclic amines) is 1. The number of fused-ring (bicyclic) bond motifs is 1.